The van der Waals surface area contributed by atoms with E-state index < -0.39 is 0 Å². The molecule has 0 aliphatic carbocycles. The van der Waals surface area contributed by atoms with Gasteiger partial charge in [-0.1, -0.05) is 35.9 Å². The molecule has 2 fully saturated rings. The van der Waals surface area contributed by atoms with Crippen LogP contribution in [0.1, 0.15) is 23.7 Å². The largest absolute Gasteiger partial charge is 0.497 e. The van der Waals surface area contributed by atoms with Crippen LogP contribution < -0.4 is 9.64 Å². The average Bonchev–Trinajstić information content (AvgIpc) is 2.99. The number of rotatable bonds is 4. The minimum absolute atomic E-state index is 0.0141. The molecular weight excluding hydrogens is 420 g/mol. The molecule has 158 valence electrons. The first-order valence-corrected chi connectivity index (χ1v) is 11.6. The van der Waals surface area contributed by atoms with Gasteiger partial charge in [0.1, 0.15) is 5.75 Å². The van der Waals surface area contributed by atoms with Gasteiger partial charge in [0.2, 0.25) is 11.8 Å². The molecule has 2 aliphatic heterocycles. The SMILES string of the molecule is COc1cccc(N2CC(C(=O)N3CCSC(c4ccccc4Cl)CC3)CC2=O)c1. The molecule has 7 heteroatoms. The van der Waals surface area contributed by atoms with Crippen LogP contribution >= 0.6 is 23.4 Å². The number of benzene rings is 2. The standard InChI is InChI=1S/C23H25ClN2O3S/c1-29-18-6-4-5-17(14-18)26-15-16(13-22(26)27)23(28)25-10-9-21(30-12-11-25)19-7-2-3-8-20(19)24/h2-8,14,16,21H,9-13,15H2,1H3. The maximum Gasteiger partial charge on any atom is 0.228 e. The van der Waals surface area contributed by atoms with E-state index in [-0.39, 0.29) is 29.4 Å². The second-order valence-corrected chi connectivity index (χ2v) is 9.32. The van der Waals surface area contributed by atoms with E-state index in [2.05, 4.69) is 6.07 Å². The van der Waals surface area contributed by atoms with Crippen LogP contribution in [0.15, 0.2) is 48.5 Å². The monoisotopic (exact) mass is 444 g/mol. The quantitative estimate of drug-likeness (QED) is 0.701. The van der Waals surface area contributed by atoms with Crippen molar-refractivity contribution in [2.45, 2.75) is 18.1 Å². The van der Waals surface area contributed by atoms with E-state index in [0.29, 0.717) is 25.4 Å². The van der Waals surface area contributed by atoms with Gasteiger partial charge in [-0.15, -0.1) is 0 Å². The number of hydrogen-bond donors (Lipinski definition) is 0. The summed E-state index contributed by atoms with van der Waals surface area (Å²) in [6.45, 7) is 1.81. The molecule has 2 saturated heterocycles. The Bertz CT molecular complexity index is 938. The number of methoxy groups -OCH3 is 1. The Hall–Kier alpha value is -2.18. The second-order valence-electron chi connectivity index (χ2n) is 7.60. The van der Waals surface area contributed by atoms with Gasteiger partial charge in [0.25, 0.3) is 0 Å². The van der Waals surface area contributed by atoms with Crippen LogP contribution in [-0.2, 0) is 9.59 Å². The van der Waals surface area contributed by atoms with E-state index >= 15 is 0 Å². The summed E-state index contributed by atoms with van der Waals surface area (Å²) >= 11 is 8.23. The molecule has 0 saturated carbocycles. The summed E-state index contributed by atoms with van der Waals surface area (Å²) in [5, 5.41) is 1.07. The van der Waals surface area contributed by atoms with Gasteiger partial charge >= 0.3 is 0 Å². The van der Waals surface area contributed by atoms with Crippen LogP contribution in [0, 0.1) is 5.92 Å². The van der Waals surface area contributed by atoms with Crippen molar-refractivity contribution in [1.29, 1.82) is 0 Å². The molecule has 0 radical (unpaired) electrons. The highest BCUT2D eigenvalue weighted by Gasteiger charge is 2.38. The number of amides is 2. The van der Waals surface area contributed by atoms with Gasteiger partial charge in [-0.2, -0.15) is 11.8 Å². The summed E-state index contributed by atoms with van der Waals surface area (Å²) in [6.07, 6.45) is 1.12. The topological polar surface area (TPSA) is 49.9 Å². The molecule has 2 atom stereocenters. The van der Waals surface area contributed by atoms with Gasteiger partial charge < -0.3 is 14.5 Å². The zero-order valence-electron chi connectivity index (χ0n) is 16.9. The maximum atomic E-state index is 13.2. The average molecular weight is 445 g/mol. The smallest absolute Gasteiger partial charge is 0.228 e. The van der Waals surface area contributed by atoms with Gasteiger partial charge in [-0.05, 0) is 30.2 Å². The van der Waals surface area contributed by atoms with Gasteiger partial charge in [-0.3, -0.25) is 9.59 Å². The first kappa shape index (κ1) is 21.1. The van der Waals surface area contributed by atoms with Crippen LogP contribution in [0.25, 0.3) is 0 Å². The lowest BCUT2D eigenvalue weighted by Crippen LogP contribution is -2.38. The third-order valence-corrected chi connectivity index (χ3v) is 7.40. The lowest BCUT2D eigenvalue weighted by Gasteiger charge is -2.24. The molecule has 30 heavy (non-hydrogen) atoms. The Morgan fingerprint density at radius 1 is 1.17 bits per heavy atom. The third-order valence-electron chi connectivity index (χ3n) is 5.74. The molecule has 0 aromatic heterocycles. The number of carbonyl (C=O) groups excluding carboxylic acids is 2. The van der Waals surface area contributed by atoms with Crippen LogP contribution in [0.4, 0.5) is 5.69 Å². The molecule has 0 N–H and O–H groups in total. The number of halogens is 1. The first-order chi connectivity index (χ1) is 14.6. The highest BCUT2D eigenvalue weighted by Crippen LogP contribution is 2.38. The van der Waals surface area contributed by atoms with E-state index in [0.717, 1.165) is 28.4 Å². The predicted molar refractivity (Wildman–Crippen MR) is 121 cm³/mol. The van der Waals surface area contributed by atoms with E-state index in [9.17, 15) is 9.59 Å². The van der Waals surface area contributed by atoms with Crippen molar-refractivity contribution in [3.8, 4) is 5.75 Å². The molecule has 5 nitrogen and oxygen atoms in total. The number of carbonyl (C=O) groups is 2. The summed E-state index contributed by atoms with van der Waals surface area (Å²) in [5.41, 5.74) is 1.92. The normalized spacial score (nSPS) is 22.1. The summed E-state index contributed by atoms with van der Waals surface area (Å²) < 4.78 is 5.26. The molecule has 4 rings (SSSR count). The van der Waals surface area contributed by atoms with Gasteiger partial charge in [-0.25, -0.2) is 0 Å². The molecule has 0 spiro atoms. The van der Waals surface area contributed by atoms with Gasteiger partial charge in [0, 0.05) is 53.8 Å². The molecule has 0 bridgehead atoms. The number of thioether (sulfide) groups is 1. The Balaban J connectivity index is 1.41. The minimum Gasteiger partial charge on any atom is -0.497 e. The van der Waals surface area contributed by atoms with E-state index in [1.807, 2.05) is 59.1 Å². The Morgan fingerprint density at radius 2 is 2.00 bits per heavy atom. The molecule has 2 aromatic rings. The highest BCUT2D eigenvalue weighted by molar-refractivity contribution is 7.99. The predicted octanol–water partition coefficient (Wildman–Crippen LogP) is 4.41. The summed E-state index contributed by atoms with van der Waals surface area (Å²) in [6, 6.07) is 15.4. The fourth-order valence-corrected chi connectivity index (χ4v) is 5.73. The first-order valence-electron chi connectivity index (χ1n) is 10.2. The molecule has 2 unspecified atom stereocenters. The van der Waals surface area contributed by atoms with Crippen LogP contribution in [0.5, 0.6) is 5.75 Å². The molecule has 2 heterocycles. The lowest BCUT2D eigenvalue weighted by molar-refractivity contribution is -0.135. The van der Waals surface area contributed by atoms with E-state index in [1.54, 1.807) is 12.0 Å². The Morgan fingerprint density at radius 3 is 2.80 bits per heavy atom. The zero-order chi connectivity index (χ0) is 21.1. The third kappa shape index (κ3) is 4.44. The van der Waals surface area contributed by atoms with Crippen LogP contribution in [0.2, 0.25) is 5.02 Å². The van der Waals surface area contributed by atoms with Crippen LogP contribution in [-0.4, -0.2) is 49.2 Å². The fourth-order valence-electron chi connectivity index (χ4n) is 4.13. The van der Waals surface area contributed by atoms with Crippen molar-refractivity contribution in [3.05, 3.63) is 59.1 Å². The zero-order valence-corrected chi connectivity index (χ0v) is 18.5. The molecule has 2 aromatic carbocycles. The highest BCUT2D eigenvalue weighted by atomic mass is 35.5. The van der Waals surface area contributed by atoms with Crippen molar-refractivity contribution in [2.24, 2.45) is 5.92 Å². The summed E-state index contributed by atoms with van der Waals surface area (Å²) in [4.78, 5) is 29.4. The van der Waals surface area contributed by atoms with Crippen molar-refractivity contribution < 1.29 is 14.3 Å². The van der Waals surface area contributed by atoms with E-state index in [1.165, 1.54) is 0 Å². The number of hydrogen-bond acceptors (Lipinski definition) is 4. The number of anilines is 1. The molecular formula is C23H25ClN2O3S. The second kappa shape index (κ2) is 9.31. The summed E-state index contributed by atoms with van der Waals surface area (Å²) in [7, 11) is 1.60. The van der Waals surface area contributed by atoms with Gasteiger partial charge in [0.05, 0.1) is 13.0 Å². The minimum atomic E-state index is -0.300. The lowest BCUT2D eigenvalue weighted by atomic mass is 10.1. The van der Waals surface area contributed by atoms with Crippen molar-refractivity contribution >= 4 is 40.9 Å². The van der Waals surface area contributed by atoms with Crippen LogP contribution in [0.3, 0.4) is 0 Å². The summed E-state index contributed by atoms with van der Waals surface area (Å²) in [5.74, 6) is 1.33. The number of nitrogens with zero attached hydrogens (tertiary/aromatic N) is 2. The maximum absolute atomic E-state index is 13.2. The Labute approximate surface area is 186 Å². The van der Waals surface area contributed by atoms with Crippen molar-refractivity contribution in [1.82, 2.24) is 4.90 Å². The molecule has 2 amide bonds. The van der Waals surface area contributed by atoms with Gasteiger partial charge in [0.15, 0.2) is 0 Å². The number of ether oxygens (including phenoxy) is 1. The van der Waals surface area contributed by atoms with Crippen molar-refractivity contribution in [2.75, 3.05) is 37.4 Å². The van der Waals surface area contributed by atoms with Crippen molar-refractivity contribution in [3.63, 3.8) is 0 Å². The van der Waals surface area contributed by atoms with E-state index in [4.69, 9.17) is 16.3 Å². The Kier molecular flexibility index (Phi) is 6.54. The fraction of sp³-hybridized carbons (Fsp3) is 0.391. The molecule has 2 aliphatic rings.